The minimum atomic E-state index is -0.217. The summed E-state index contributed by atoms with van der Waals surface area (Å²) >= 11 is 0. The number of amides is 1. The Hall–Kier alpha value is -1.95. The lowest BCUT2D eigenvalue weighted by atomic mass is 10.1. The molecule has 6 heteroatoms. The Bertz CT molecular complexity index is 436. The summed E-state index contributed by atoms with van der Waals surface area (Å²) in [5.74, 6) is 1.31. The van der Waals surface area contributed by atoms with Crippen LogP contribution in [0.15, 0.2) is 12.1 Å². The molecule has 3 N–H and O–H groups in total. The Morgan fingerprint density at radius 1 is 1.05 bits per heavy atom. The Morgan fingerprint density at radius 3 is 2.00 bits per heavy atom. The molecule has 0 atom stereocenters. The number of nitrogens with two attached hydrogens (primary N) is 1. The Kier molecular flexibility index (Phi) is 7.39. The first-order chi connectivity index (χ1) is 10.2. The second-order valence-corrected chi connectivity index (χ2v) is 4.15. The molecule has 118 valence electrons. The van der Waals surface area contributed by atoms with Crippen LogP contribution in [-0.4, -0.2) is 38.8 Å². The molecule has 0 saturated heterocycles. The Labute approximate surface area is 125 Å². The van der Waals surface area contributed by atoms with Crippen molar-refractivity contribution < 1.29 is 19.0 Å². The summed E-state index contributed by atoms with van der Waals surface area (Å²) in [7, 11) is 0. The van der Waals surface area contributed by atoms with Crippen LogP contribution in [0.25, 0.3) is 0 Å². The number of hydrogen-bond donors (Lipinski definition) is 2. The highest BCUT2D eigenvalue weighted by atomic mass is 16.5. The molecule has 0 aliphatic rings. The van der Waals surface area contributed by atoms with Gasteiger partial charge in [0.15, 0.2) is 11.5 Å². The van der Waals surface area contributed by atoms with Gasteiger partial charge < -0.3 is 25.3 Å². The van der Waals surface area contributed by atoms with E-state index in [0.717, 1.165) is 0 Å². The van der Waals surface area contributed by atoms with Gasteiger partial charge in [0.2, 0.25) is 5.75 Å². The van der Waals surface area contributed by atoms with E-state index < -0.39 is 0 Å². The molecule has 0 fully saturated rings. The van der Waals surface area contributed by atoms with Crippen LogP contribution in [0.1, 0.15) is 31.1 Å². The van der Waals surface area contributed by atoms with Crippen LogP contribution in [0, 0.1) is 0 Å². The summed E-state index contributed by atoms with van der Waals surface area (Å²) in [6.07, 6.45) is 0. The number of ether oxygens (including phenoxy) is 3. The first-order valence-corrected chi connectivity index (χ1v) is 7.22. The number of rotatable bonds is 9. The molecular formula is C15H24N2O4. The normalized spacial score (nSPS) is 10.1. The molecule has 1 aromatic carbocycles. The van der Waals surface area contributed by atoms with Gasteiger partial charge in [0.05, 0.1) is 19.8 Å². The molecule has 6 nitrogen and oxygen atoms in total. The molecule has 1 rings (SSSR count). The topological polar surface area (TPSA) is 82.8 Å². The van der Waals surface area contributed by atoms with Crippen LogP contribution in [0.4, 0.5) is 0 Å². The largest absolute Gasteiger partial charge is 0.490 e. The molecular weight excluding hydrogens is 272 g/mol. The van der Waals surface area contributed by atoms with Crippen molar-refractivity contribution in [2.75, 3.05) is 32.9 Å². The van der Waals surface area contributed by atoms with Crippen LogP contribution >= 0.6 is 0 Å². The molecule has 1 aromatic rings. The number of carbonyl (C=O) groups excluding carboxylic acids is 1. The zero-order chi connectivity index (χ0) is 15.7. The summed E-state index contributed by atoms with van der Waals surface area (Å²) in [6.45, 7) is 7.86. The maximum atomic E-state index is 12.1. The van der Waals surface area contributed by atoms with Gasteiger partial charge in [-0.15, -0.1) is 0 Å². The third-order valence-corrected chi connectivity index (χ3v) is 2.60. The van der Waals surface area contributed by atoms with Gasteiger partial charge in [-0.3, -0.25) is 4.79 Å². The number of benzene rings is 1. The number of hydrogen-bond acceptors (Lipinski definition) is 5. The summed E-state index contributed by atoms with van der Waals surface area (Å²) in [5.41, 5.74) is 5.85. The molecule has 0 bridgehead atoms. The van der Waals surface area contributed by atoms with Crippen molar-refractivity contribution >= 4 is 5.91 Å². The maximum Gasteiger partial charge on any atom is 0.251 e. The molecule has 0 radical (unpaired) electrons. The average Bonchev–Trinajstić information content (AvgIpc) is 2.48. The lowest BCUT2D eigenvalue weighted by molar-refractivity contribution is 0.0953. The first kappa shape index (κ1) is 17.1. The van der Waals surface area contributed by atoms with E-state index in [1.54, 1.807) is 12.1 Å². The van der Waals surface area contributed by atoms with E-state index in [-0.39, 0.29) is 5.91 Å². The van der Waals surface area contributed by atoms with E-state index in [0.29, 0.717) is 55.7 Å². The monoisotopic (exact) mass is 296 g/mol. The highest BCUT2D eigenvalue weighted by Crippen LogP contribution is 2.39. The Morgan fingerprint density at radius 2 is 1.57 bits per heavy atom. The quantitative estimate of drug-likeness (QED) is 0.723. The lowest BCUT2D eigenvalue weighted by Crippen LogP contribution is -2.29. The summed E-state index contributed by atoms with van der Waals surface area (Å²) in [4.78, 5) is 12.1. The van der Waals surface area contributed by atoms with E-state index >= 15 is 0 Å². The third-order valence-electron chi connectivity index (χ3n) is 2.60. The highest BCUT2D eigenvalue weighted by Gasteiger charge is 2.17. The van der Waals surface area contributed by atoms with E-state index in [1.807, 2.05) is 20.8 Å². The predicted molar refractivity (Wildman–Crippen MR) is 81.3 cm³/mol. The SMILES string of the molecule is CCOc1cc(C(=O)NCCN)cc(OCC)c1OCC. The van der Waals surface area contributed by atoms with Crippen molar-refractivity contribution in [2.24, 2.45) is 5.73 Å². The van der Waals surface area contributed by atoms with E-state index in [9.17, 15) is 4.79 Å². The second-order valence-electron chi connectivity index (χ2n) is 4.15. The molecule has 0 spiro atoms. The van der Waals surface area contributed by atoms with Gasteiger partial charge in [-0.25, -0.2) is 0 Å². The van der Waals surface area contributed by atoms with Gasteiger partial charge in [0.1, 0.15) is 0 Å². The zero-order valence-electron chi connectivity index (χ0n) is 12.9. The van der Waals surface area contributed by atoms with Crippen LogP contribution in [-0.2, 0) is 0 Å². The van der Waals surface area contributed by atoms with Crippen LogP contribution in [0.2, 0.25) is 0 Å². The average molecular weight is 296 g/mol. The standard InChI is InChI=1S/C15H24N2O4/c1-4-19-12-9-11(15(18)17-8-7-16)10-13(20-5-2)14(12)21-6-3/h9-10H,4-8,16H2,1-3H3,(H,17,18). The Balaban J connectivity index is 3.18. The minimum Gasteiger partial charge on any atom is -0.490 e. The second kappa shape index (κ2) is 9.07. The van der Waals surface area contributed by atoms with E-state index in [4.69, 9.17) is 19.9 Å². The van der Waals surface area contributed by atoms with Crippen LogP contribution in [0.3, 0.4) is 0 Å². The molecule has 21 heavy (non-hydrogen) atoms. The van der Waals surface area contributed by atoms with Crippen molar-refractivity contribution in [1.82, 2.24) is 5.32 Å². The molecule has 0 aliphatic heterocycles. The van der Waals surface area contributed by atoms with E-state index in [1.165, 1.54) is 0 Å². The van der Waals surface area contributed by atoms with Gasteiger partial charge >= 0.3 is 0 Å². The summed E-state index contributed by atoms with van der Waals surface area (Å²) < 4.78 is 16.7. The van der Waals surface area contributed by atoms with Gasteiger partial charge in [-0.2, -0.15) is 0 Å². The fourth-order valence-corrected chi connectivity index (χ4v) is 1.81. The van der Waals surface area contributed by atoms with Crippen molar-refractivity contribution in [2.45, 2.75) is 20.8 Å². The zero-order valence-corrected chi connectivity index (χ0v) is 12.9. The predicted octanol–water partition coefficient (Wildman–Crippen LogP) is 1.57. The minimum absolute atomic E-state index is 0.217. The van der Waals surface area contributed by atoms with Crippen LogP contribution < -0.4 is 25.3 Å². The number of nitrogens with one attached hydrogen (secondary N) is 1. The van der Waals surface area contributed by atoms with E-state index in [2.05, 4.69) is 5.32 Å². The molecule has 0 unspecified atom stereocenters. The highest BCUT2D eigenvalue weighted by molar-refractivity contribution is 5.95. The molecule has 1 amide bonds. The molecule has 0 aliphatic carbocycles. The van der Waals surface area contributed by atoms with Gasteiger partial charge in [0, 0.05) is 18.7 Å². The van der Waals surface area contributed by atoms with Crippen molar-refractivity contribution in [3.63, 3.8) is 0 Å². The summed E-state index contributed by atoms with van der Waals surface area (Å²) in [6, 6.07) is 3.31. The third kappa shape index (κ3) is 4.82. The molecule has 0 saturated carbocycles. The first-order valence-electron chi connectivity index (χ1n) is 7.22. The van der Waals surface area contributed by atoms with Crippen molar-refractivity contribution in [1.29, 1.82) is 0 Å². The number of carbonyl (C=O) groups is 1. The molecule has 0 heterocycles. The summed E-state index contributed by atoms with van der Waals surface area (Å²) in [5, 5.41) is 2.72. The smallest absolute Gasteiger partial charge is 0.251 e. The fraction of sp³-hybridized carbons (Fsp3) is 0.533. The molecule has 0 aromatic heterocycles. The maximum absolute atomic E-state index is 12.1. The van der Waals surface area contributed by atoms with Gasteiger partial charge in [-0.1, -0.05) is 0 Å². The fourth-order valence-electron chi connectivity index (χ4n) is 1.81. The van der Waals surface area contributed by atoms with Gasteiger partial charge in [0.25, 0.3) is 5.91 Å². The van der Waals surface area contributed by atoms with Crippen LogP contribution in [0.5, 0.6) is 17.2 Å². The van der Waals surface area contributed by atoms with Gasteiger partial charge in [-0.05, 0) is 32.9 Å². The van der Waals surface area contributed by atoms with Crippen molar-refractivity contribution in [3.05, 3.63) is 17.7 Å². The van der Waals surface area contributed by atoms with Crippen molar-refractivity contribution in [3.8, 4) is 17.2 Å². The lowest BCUT2D eigenvalue weighted by Gasteiger charge is -2.17.